The fraction of sp³-hybridized carbons (Fsp3) is 1.00. The van der Waals surface area contributed by atoms with E-state index in [1.165, 1.54) is 17.9 Å². The average Bonchev–Trinajstić information content (AvgIpc) is 2.11. The molecule has 3 heteroatoms. The summed E-state index contributed by atoms with van der Waals surface area (Å²) < 4.78 is 0. The molecule has 0 aromatic heterocycles. The van der Waals surface area contributed by atoms with Crippen molar-refractivity contribution in [3.8, 4) is 0 Å². The first-order valence-electron chi connectivity index (χ1n) is 6.74. The fourth-order valence-corrected chi connectivity index (χ4v) is 2.07. The Morgan fingerprint density at radius 3 is 1.94 bits per heavy atom. The highest BCUT2D eigenvalue weighted by Crippen LogP contribution is 2.16. The largest absolute Gasteiger partial charge is 0.316 e. The van der Waals surface area contributed by atoms with E-state index in [4.69, 9.17) is 0 Å². The number of hydrogen-bond donors (Lipinski definition) is 2. The molecule has 17 heavy (non-hydrogen) atoms. The van der Waals surface area contributed by atoms with Crippen molar-refractivity contribution in [2.45, 2.75) is 53.5 Å². The van der Waals surface area contributed by atoms with Gasteiger partial charge in [0.15, 0.2) is 0 Å². The van der Waals surface area contributed by atoms with Crippen molar-refractivity contribution in [3.63, 3.8) is 0 Å². The van der Waals surface area contributed by atoms with E-state index in [2.05, 4.69) is 52.2 Å². The van der Waals surface area contributed by atoms with Gasteiger partial charge in [0.25, 0.3) is 0 Å². The first-order chi connectivity index (χ1) is 7.71. The SMILES string of the molecule is CC(C)(C)CCNCCSCCNC(C)(C)C. The lowest BCUT2D eigenvalue weighted by Gasteiger charge is -2.20. The van der Waals surface area contributed by atoms with Gasteiger partial charge < -0.3 is 10.6 Å². The summed E-state index contributed by atoms with van der Waals surface area (Å²) in [5.74, 6) is 2.42. The Bertz CT molecular complexity index is 160. The van der Waals surface area contributed by atoms with Crippen LogP contribution < -0.4 is 10.6 Å². The molecule has 0 aliphatic heterocycles. The normalized spacial score (nSPS) is 13.1. The second kappa shape index (κ2) is 8.39. The van der Waals surface area contributed by atoms with Gasteiger partial charge in [0.1, 0.15) is 0 Å². The number of nitrogens with one attached hydrogen (secondary N) is 2. The van der Waals surface area contributed by atoms with Gasteiger partial charge in [-0.25, -0.2) is 0 Å². The maximum Gasteiger partial charge on any atom is 0.00968 e. The van der Waals surface area contributed by atoms with Crippen molar-refractivity contribution in [1.82, 2.24) is 10.6 Å². The molecule has 0 radical (unpaired) electrons. The van der Waals surface area contributed by atoms with Gasteiger partial charge in [0.05, 0.1) is 0 Å². The second-order valence-electron chi connectivity index (χ2n) is 6.85. The van der Waals surface area contributed by atoms with Gasteiger partial charge in [-0.15, -0.1) is 0 Å². The molecule has 0 aliphatic carbocycles. The third-order valence-corrected chi connectivity index (χ3v) is 3.36. The molecule has 2 N–H and O–H groups in total. The van der Waals surface area contributed by atoms with Crippen molar-refractivity contribution in [2.24, 2.45) is 5.41 Å². The van der Waals surface area contributed by atoms with E-state index in [0.717, 1.165) is 19.6 Å². The van der Waals surface area contributed by atoms with Crippen molar-refractivity contribution < 1.29 is 0 Å². The summed E-state index contributed by atoms with van der Waals surface area (Å²) in [5, 5.41) is 7.01. The smallest absolute Gasteiger partial charge is 0.00968 e. The van der Waals surface area contributed by atoms with E-state index < -0.39 is 0 Å². The topological polar surface area (TPSA) is 24.1 Å². The van der Waals surface area contributed by atoms with Crippen molar-refractivity contribution in [1.29, 1.82) is 0 Å². The van der Waals surface area contributed by atoms with E-state index in [-0.39, 0.29) is 5.54 Å². The minimum absolute atomic E-state index is 0.255. The Labute approximate surface area is 113 Å². The predicted molar refractivity (Wildman–Crippen MR) is 82.0 cm³/mol. The number of rotatable bonds is 8. The van der Waals surface area contributed by atoms with Crippen LogP contribution in [0, 0.1) is 5.41 Å². The Balaban J connectivity index is 3.15. The number of thioether (sulfide) groups is 1. The van der Waals surface area contributed by atoms with Crippen LogP contribution in [-0.2, 0) is 0 Å². The summed E-state index contributed by atoms with van der Waals surface area (Å²) >= 11 is 2.03. The Hall–Kier alpha value is 0.270. The molecule has 0 aliphatic rings. The van der Waals surface area contributed by atoms with E-state index in [9.17, 15) is 0 Å². The molecule has 0 rings (SSSR count). The van der Waals surface area contributed by atoms with Crippen LogP contribution in [-0.4, -0.2) is 36.7 Å². The second-order valence-corrected chi connectivity index (χ2v) is 8.07. The zero-order chi connectivity index (χ0) is 13.4. The Morgan fingerprint density at radius 2 is 1.41 bits per heavy atom. The van der Waals surface area contributed by atoms with E-state index in [0.29, 0.717) is 5.41 Å². The van der Waals surface area contributed by atoms with E-state index >= 15 is 0 Å². The molecular weight excluding hydrogens is 228 g/mol. The molecule has 0 aromatic rings. The van der Waals surface area contributed by atoms with E-state index in [1.54, 1.807) is 0 Å². The molecule has 0 aromatic carbocycles. The van der Waals surface area contributed by atoms with Crippen LogP contribution in [0.2, 0.25) is 0 Å². The zero-order valence-electron chi connectivity index (χ0n) is 12.7. The monoisotopic (exact) mass is 260 g/mol. The molecule has 0 atom stereocenters. The summed E-state index contributed by atoms with van der Waals surface area (Å²) in [4.78, 5) is 0. The Morgan fingerprint density at radius 1 is 0.824 bits per heavy atom. The van der Waals surface area contributed by atoms with Crippen LogP contribution in [0.3, 0.4) is 0 Å². The molecule has 0 bridgehead atoms. The number of hydrogen-bond acceptors (Lipinski definition) is 3. The summed E-state index contributed by atoms with van der Waals surface area (Å²) in [5.41, 5.74) is 0.711. The minimum Gasteiger partial charge on any atom is -0.316 e. The Kier molecular flexibility index (Phi) is 8.52. The summed E-state index contributed by atoms with van der Waals surface area (Å²) in [6.45, 7) is 16.9. The lowest BCUT2D eigenvalue weighted by Crippen LogP contribution is -2.37. The van der Waals surface area contributed by atoms with E-state index in [1.807, 2.05) is 11.8 Å². The highest BCUT2D eigenvalue weighted by atomic mass is 32.2. The van der Waals surface area contributed by atoms with Gasteiger partial charge in [-0.3, -0.25) is 0 Å². The molecule has 0 spiro atoms. The standard InChI is InChI=1S/C14H32N2S/c1-13(2,3)7-8-15-9-11-17-12-10-16-14(4,5)6/h15-16H,7-12H2,1-6H3. The first-order valence-corrected chi connectivity index (χ1v) is 7.90. The van der Waals surface area contributed by atoms with Gasteiger partial charge in [-0.05, 0) is 39.2 Å². The zero-order valence-corrected chi connectivity index (χ0v) is 13.5. The molecule has 0 saturated heterocycles. The summed E-state index contributed by atoms with van der Waals surface area (Å²) in [6.07, 6.45) is 1.25. The van der Waals surface area contributed by atoms with Crippen LogP contribution >= 0.6 is 11.8 Å². The lowest BCUT2D eigenvalue weighted by atomic mass is 9.92. The van der Waals surface area contributed by atoms with Crippen LogP contribution in [0.5, 0.6) is 0 Å². The van der Waals surface area contributed by atoms with Crippen LogP contribution in [0.1, 0.15) is 48.0 Å². The molecular formula is C14H32N2S. The van der Waals surface area contributed by atoms with Crippen LogP contribution in [0.25, 0.3) is 0 Å². The van der Waals surface area contributed by atoms with Gasteiger partial charge in [0.2, 0.25) is 0 Å². The summed E-state index contributed by atoms with van der Waals surface area (Å²) in [6, 6.07) is 0. The van der Waals surface area contributed by atoms with Gasteiger partial charge in [-0.2, -0.15) is 11.8 Å². The molecule has 0 fully saturated rings. The van der Waals surface area contributed by atoms with Crippen LogP contribution in [0.4, 0.5) is 0 Å². The van der Waals surface area contributed by atoms with Crippen molar-refractivity contribution in [3.05, 3.63) is 0 Å². The summed E-state index contributed by atoms with van der Waals surface area (Å²) in [7, 11) is 0. The highest BCUT2D eigenvalue weighted by Gasteiger charge is 2.08. The van der Waals surface area contributed by atoms with Crippen LogP contribution in [0.15, 0.2) is 0 Å². The molecule has 0 unspecified atom stereocenters. The molecule has 0 saturated carbocycles. The quantitative estimate of drug-likeness (QED) is 0.656. The van der Waals surface area contributed by atoms with Crippen molar-refractivity contribution in [2.75, 3.05) is 31.1 Å². The third-order valence-electron chi connectivity index (χ3n) is 2.38. The predicted octanol–water partition coefficient (Wildman–Crippen LogP) is 3.13. The van der Waals surface area contributed by atoms with Gasteiger partial charge >= 0.3 is 0 Å². The van der Waals surface area contributed by atoms with Gasteiger partial charge in [0, 0.05) is 30.1 Å². The van der Waals surface area contributed by atoms with Crippen molar-refractivity contribution >= 4 is 11.8 Å². The lowest BCUT2D eigenvalue weighted by molar-refractivity contribution is 0.369. The minimum atomic E-state index is 0.255. The third kappa shape index (κ3) is 16.3. The first kappa shape index (κ1) is 17.3. The molecule has 0 heterocycles. The molecule has 0 amide bonds. The maximum absolute atomic E-state index is 3.51. The average molecular weight is 260 g/mol. The molecule has 104 valence electrons. The highest BCUT2D eigenvalue weighted by molar-refractivity contribution is 7.99. The maximum atomic E-state index is 3.51. The fourth-order valence-electron chi connectivity index (χ4n) is 1.33. The van der Waals surface area contributed by atoms with Gasteiger partial charge in [-0.1, -0.05) is 20.8 Å². The molecule has 2 nitrogen and oxygen atoms in total.